The first-order valence-corrected chi connectivity index (χ1v) is 20.7. The summed E-state index contributed by atoms with van der Waals surface area (Å²) in [6, 6.07) is 36.9. The molecule has 0 saturated heterocycles. The zero-order valence-corrected chi connectivity index (χ0v) is 36.7. The van der Waals surface area contributed by atoms with Crippen LogP contribution in [0.2, 0.25) is 0 Å². The fraction of sp³-hybridized carbons (Fsp3) is 0.208. The minimum atomic E-state index is -0.910. The Morgan fingerprint density at radius 1 is 0.625 bits per heavy atom. The van der Waals surface area contributed by atoms with Gasteiger partial charge in [0, 0.05) is 35.3 Å². The average Bonchev–Trinajstić information content (AvgIpc) is 3.85. The van der Waals surface area contributed by atoms with Gasteiger partial charge in [-0.05, 0) is 113 Å². The van der Waals surface area contributed by atoms with E-state index in [2.05, 4.69) is 68.5 Å². The Bertz CT molecular complexity index is 2710. The zero-order chi connectivity index (χ0) is 43.8. The quantitative estimate of drug-likeness (QED) is 0.0773. The number of hydrogen-bond donors (Lipinski definition) is 3. The number of nitrogens with two attached hydrogens (primary N) is 2. The molecule has 6 N–H and O–H groups in total. The van der Waals surface area contributed by atoms with Gasteiger partial charge < -0.3 is 36.3 Å². The third kappa shape index (κ3) is 11.7. The first-order chi connectivity index (χ1) is 30.0. The van der Waals surface area contributed by atoms with Gasteiger partial charge in [-0.1, -0.05) is 108 Å². The summed E-state index contributed by atoms with van der Waals surface area (Å²) < 4.78 is 32.0. The van der Waals surface area contributed by atoms with Crippen molar-refractivity contribution < 1.29 is 57.6 Å². The molecule has 0 aliphatic heterocycles. The van der Waals surface area contributed by atoms with E-state index >= 15 is 4.39 Å². The van der Waals surface area contributed by atoms with E-state index in [-0.39, 0.29) is 62.1 Å². The Morgan fingerprint density at radius 2 is 1.16 bits per heavy atom. The predicted octanol–water partition coefficient (Wildman–Crippen LogP) is 7.01. The van der Waals surface area contributed by atoms with Crippen molar-refractivity contribution in [3.05, 3.63) is 188 Å². The largest absolute Gasteiger partial charge is 1.00 e. The van der Waals surface area contributed by atoms with E-state index in [0.29, 0.717) is 41.3 Å². The molecule has 6 aromatic carbocycles. The zero-order valence-electron chi connectivity index (χ0n) is 36.7. The topological polar surface area (TPSA) is 164 Å². The van der Waals surface area contributed by atoms with Gasteiger partial charge in [0.05, 0.1) is 20.0 Å². The minimum absolute atomic E-state index is 0. The van der Waals surface area contributed by atoms with Crippen molar-refractivity contribution >= 4 is 24.1 Å². The van der Waals surface area contributed by atoms with Crippen LogP contribution in [0.25, 0.3) is 34.4 Å². The number of esters is 1. The van der Waals surface area contributed by atoms with Gasteiger partial charge in [-0.2, -0.15) is 0 Å². The molecule has 9 nitrogen and oxygen atoms in total. The van der Waals surface area contributed by atoms with E-state index in [9.17, 15) is 9.59 Å². The Morgan fingerprint density at radius 3 is 1.72 bits per heavy atom. The number of hydrogen-bond acceptors (Lipinski definition) is 8. The van der Waals surface area contributed by atoms with Crippen LogP contribution in [0.5, 0.6) is 11.5 Å². The first-order valence-electron chi connectivity index (χ1n) is 20.7. The van der Waals surface area contributed by atoms with Gasteiger partial charge in [0.1, 0.15) is 30.5 Å². The fourth-order valence-electron chi connectivity index (χ4n) is 8.12. The number of carbonyl (C=O) groups excluding carboxylic acids is 1. The van der Waals surface area contributed by atoms with Crippen molar-refractivity contribution in [1.82, 2.24) is 0 Å². The van der Waals surface area contributed by atoms with Crippen molar-refractivity contribution in [1.29, 1.82) is 0 Å². The van der Waals surface area contributed by atoms with E-state index in [1.54, 1.807) is 30.3 Å². The van der Waals surface area contributed by atoms with Gasteiger partial charge in [0.25, 0.3) is 0 Å². The maximum atomic E-state index is 15.1. The Hall–Kier alpha value is -6.25. The molecule has 0 amide bonds. The number of carbonyl (C=O) groups is 2. The summed E-state index contributed by atoms with van der Waals surface area (Å²) >= 11 is 0. The summed E-state index contributed by atoms with van der Waals surface area (Å²) in [5.74, 6) is -0.244. The van der Waals surface area contributed by atoms with Crippen LogP contribution in [0, 0.1) is 5.82 Å². The van der Waals surface area contributed by atoms with E-state index in [1.807, 2.05) is 42.5 Å². The van der Waals surface area contributed by atoms with Crippen molar-refractivity contribution in [3.8, 4) is 33.8 Å². The number of ether oxygens (including phenoxy) is 3. The molecule has 2 aliphatic carbocycles. The summed E-state index contributed by atoms with van der Waals surface area (Å²) in [5, 5.41) is 9.13. The van der Waals surface area contributed by atoms with Crippen LogP contribution in [0.15, 0.2) is 126 Å². The van der Waals surface area contributed by atoms with Gasteiger partial charge in [0.2, 0.25) is 0 Å². The van der Waals surface area contributed by atoms with E-state index < -0.39 is 5.97 Å². The molecule has 324 valence electrons. The van der Waals surface area contributed by atoms with Crippen molar-refractivity contribution in [3.63, 3.8) is 0 Å². The van der Waals surface area contributed by atoms with Crippen molar-refractivity contribution in [2.45, 2.75) is 65.8 Å². The maximum Gasteiger partial charge on any atom is 1.00 e. The van der Waals surface area contributed by atoms with Crippen LogP contribution in [0.3, 0.4) is 0 Å². The number of carboxylic acids is 1. The molecule has 0 bridgehead atoms. The number of benzene rings is 6. The molecule has 0 radical (unpaired) electrons. The summed E-state index contributed by atoms with van der Waals surface area (Å²) in [5.41, 5.74) is 27.7. The van der Waals surface area contributed by atoms with E-state index in [1.165, 1.54) is 34.9 Å². The van der Waals surface area contributed by atoms with Gasteiger partial charge >= 0.3 is 30.8 Å². The molecule has 0 aromatic heterocycles. The summed E-state index contributed by atoms with van der Waals surface area (Å²) in [4.78, 5) is 22.9. The monoisotopic (exact) mass is 854 g/mol. The number of halogens is 1. The number of rotatable bonds is 14. The Balaban J connectivity index is 0.000000234. The van der Waals surface area contributed by atoms with Crippen LogP contribution in [0.4, 0.5) is 4.39 Å². The number of methoxy groups -OCH3 is 1. The molecule has 6 aromatic rings. The van der Waals surface area contributed by atoms with Crippen LogP contribution < -0.4 is 39.8 Å². The molecular weight excluding hydrogens is 803 g/mol. The molecular formula is C53H52FLiN2O7. The Kier molecular flexibility index (Phi) is 17.1. The molecule has 8 rings (SSSR count). The van der Waals surface area contributed by atoms with Crippen LogP contribution in [0.1, 0.15) is 69.5 Å². The van der Waals surface area contributed by atoms with Crippen LogP contribution in [-0.2, 0) is 66.3 Å². The molecule has 0 heterocycles. The van der Waals surface area contributed by atoms with Gasteiger partial charge in [-0.15, -0.1) is 0 Å². The van der Waals surface area contributed by atoms with Crippen molar-refractivity contribution in [2.75, 3.05) is 7.11 Å². The summed E-state index contributed by atoms with van der Waals surface area (Å²) in [6.07, 6.45) is 6.22. The molecule has 11 heteroatoms. The second-order valence-corrected chi connectivity index (χ2v) is 15.8. The molecule has 0 saturated carbocycles. The molecule has 64 heavy (non-hydrogen) atoms. The van der Waals surface area contributed by atoms with Crippen molar-refractivity contribution in [2.24, 2.45) is 11.5 Å². The molecule has 0 atom stereocenters. The average molecular weight is 855 g/mol. The fourth-order valence-corrected chi connectivity index (χ4v) is 8.12. The van der Waals surface area contributed by atoms with Crippen LogP contribution >= 0.6 is 0 Å². The minimum Gasteiger partial charge on any atom is -0.870 e. The van der Waals surface area contributed by atoms with Gasteiger partial charge in [-0.25, -0.2) is 4.39 Å². The maximum absolute atomic E-state index is 15.1. The summed E-state index contributed by atoms with van der Waals surface area (Å²) in [7, 11) is 1.40. The normalized spacial score (nSPS) is 12.0. The number of allylic oxidation sites excluding steroid dienone is 2. The number of fused-ring (bicyclic) bond motifs is 2. The van der Waals surface area contributed by atoms with E-state index in [0.717, 1.165) is 57.3 Å². The second-order valence-electron chi connectivity index (χ2n) is 15.8. The standard InChI is InChI=1S/C27H27NO3.C26H24FNO3.Li.H2O/c1-18-10-23-13-20(17-31-26-9-4-3-7-22(26)15-27(29)30-2)14-25(24(23)11-18)21-8-5-6-19(12-21)16-28;1-16-9-20-11-17(15-31-24-8-3-2-5-18(24)13-25(29)30)12-23(22(20)10-16)21-7-4-6-19(14-28)26(21)27;;/h3-9,11-14H,10,15-17,28H2,1-2H3;2-8,10-12H,9,13-15,28H2,1H3,(H,29,30);;1H2/q;;+1;/p-1. The van der Waals surface area contributed by atoms with Gasteiger partial charge in [-0.3, -0.25) is 9.59 Å². The Labute approximate surface area is 386 Å². The van der Waals surface area contributed by atoms with Crippen LogP contribution in [-0.4, -0.2) is 29.6 Å². The number of carboxylic acid groups (broad SMARTS) is 1. The molecule has 2 aliphatic rings. The SMILES string of the molecule is CC1=Cc2c(cc(COc3ccccc3CC(=O)O)cc2-c2cccc(CN)c2F)C1.COC(=O)Cc1ccccc1OCc1cc2c(c(-c3cccc(CN)c3)c1)C=C(C)C2.[Li+].[OH-]. The van der Waals surface area contributed by atoms with Gasteiger partial charge in [0.15, 0.2) is 0 Å². The van der Waals surface area contributed by atoms with E-state index in [4.69, 9.17) is 30.8 Å². The molecule has 0 unspecified atom stereocenters. The number of para-hydroxylation sites is 2. The second kappa shape index (κ2) is 22.4. The first kappa shape index (κ1) is 48.8. The number of aliphatic carboxylic acids is 1. The molecule has 0 spiro atoms. The predicted molar refractivity (Wildman–Crippen MR) is 245 cm³/mol. The smallest absolute Gasteiger partial charge is 0.870 e. The summed E-state index contributed by atoms with van der Waals surface area (Å²) in [6.45, 7) is 5.57. The molecule has 0 fully saturated rings. The third-order valence-corrected chi connectivity index (χ3v) is 11.1. The third-order valence-electron chi connectivity index (χ3n) is 11.1.